The quantitative estimate of drug-likeness (QED) is 0.439. The number of nitrogens with zero attached hydrogens (tertiary/aromatic N) is 5. The SMILES string of the molecule is Cc1ccc(S(=O)(=O)Cn2nnnc2C2c3ccccc3C(=O)N2Cc2ccccc2)cc1. The van der Waals surface area contributed by atoms with E-state index < -0.39 is 21.8 Å². The smallest absolute Gasteiger partial charge is 0.255 e. The van der Waals surface area contributed by atoms with Crippen LogP contribution in [0, 0.1) is 6.92 Å². The molecular formula is C24H21N5O3S. The maximum atomic E-state index is 13.3. The predicted molar refractivity (Wildman–Crippen MR) is 121 cm³/mol. The molecule has 8 nitrogen and oxygen atoms in total. The molecule has 0 saturated carbocycles. The van der Waals surface area contributed by atoms with E-state index in [9.17, 15) is 13.2 Å². The van der Waals surface area contributed by atoms with E-state index >= 15 is 0 Å². The van der Waals surface area contributed by atoms with Crippen molar-refractivity contribution in [2.45, 2.75) is 30.3 Å². The molecule has 1 amide bonds. The van der Waals surface area contributed by atoms with E-state index in [1.54, 1.807) is 35.2 Å². The Balaban J connectivity index is 1.54. The third-order valence-electron chi connectivity index (χ3n) is 5.73. The number of tetrazole rings is 1. The molecule has 33 heavy (non-hydrogen) atoms. The van der Waals surface area contributed by atoms with Crippen LogP contribution >= 0.6 is 0 Å². The van der Waals surface area contributed by atoms with Gasteiger partial charge < -0.3 is 4.90 Å². The zero-order valence-electron chi connectivity index (χ0n) is 17.9. The number of aryl methyl sites for hydroxylation is 1. The lowest BCUT2D eigenvalue weighted by molar-refractivity contribution is 0.0728. The van der Waals surface area contributed by atoms with Crippen molar-refractivity contribution in [3.63, 3.8) is 0 Å². The van der Waals surface area contributed by atoms with Gasteiger partial charge in [-0.15, -0.1) is 5.10 Å². The molecule has 5 rings (SSSR count). The minimum absolute atomic E-state index is 0.143. The van der Waals surface area contributed by atoms with Gasteiger partial charge in [-0.05, 0) is 46.7 Å². The first-order valence-corrected chi connectivity index (χ1v) is 12.1. The van der Waals surface area contributed by atoms with Gasteiger partial charge >= 0.3 is 0 Å². The summed E-state index contributed by atoms with van der Waals surface area (Å²) in [5.74, 6) is -0.264. The maximum Gasteiger partial charge on any atom is 0.255 e. The first-order chi connectivity index (χ1) is 15.9. The van der Waals surface area contributed by atoms with Crippen molar-refractivity contribution < 1.29 is 13.2 Å². The molecule has 4 aromatic rings. The zero-order chi connectivity index (χ0) is 23.0. The van der Waals surface area contributed by atoms with Crippen molar-refractivity contribution in [1.82, 2.24) is 25.1 Å². The zero-order valence-corrected chi connectivity index (χ0v) is 18.7. The monoisotopic (exact) mass is 459 g/mol. The third-order valence-corrected chi connectivity index (χ3v) is 7.31. The molecule has 2 heterocycles. The number of benzene rings is 3. The van der Waals surface area contributed by atoms with Crippen molar-refractivity contribution in [3.8, 4) is 0 Å². The van der Waals surface area contributed by atoms with E-state index in [1.807, 2.05) is 55.5 Å². The summed E-state index contributed by atoms with van der Waals surface area (Å²) in [6, 6.07) is 23.0. The summed E-state index contributed by atoms with van der Waals surface area (Å²) in [7, 11) is -3.70. The Kier molecular flexibility index (Phi) is 5.26. The Labute approximate surface area is 191 Å². The summed E-state index contributed by atoms with van der Waals surface area (Å²) in [5, 5.41) is 11.9. The van der Waals surface area contributed by atoms with Crippen LogP contribution in [0.1, 0.15) is 38.9 Å². The minimum atomic E-state index is -3.70. The minimum Gasteiger partial charge on any atom is -0.320 e. The number of hydrogen-bond donors (Lipinski definition) is 0. The van der Waals surface area contributed by atoms with Gasteiger partial charge in [0.05, 0.1) is 4.90 Å². The van der Waals surface area contributed by atoms with Gasteiger partial charge in [0.15, 0.2) is 21.5 Å². The number of fused-ring (bicyclic) bond motifs is 1. The van der Waals surface area contributed by atoms with Gasteiger partial charge in [-0.1, -0.05) is 66.2 Å². The molecule has 0 aliphatic carbocycles. The van der Waals surface area contributed by atoms with Crippen molar-refractivity contribution >= 4 is 15.7 Å². The molecule has 1 aliphatic heterocycles. The highest BCUT2D eigenvalue weighted by Crippen LogP contribution is 2.38. The molecule has 1 aromatic heterocycles. The molecule has 1 unspecified atom stereocenters. The second kappa shape index (κ2) is 8.25. The van der Waals surface area contributed by atoms with Gasteiger partial charge in [0.1, 0.15) is 6.04 Å². The van der Waals surface area contributed by atoms with Crippen LogP contribution in [-0.4, -0.2) is 39.4 Å². The van der Waals surface area contributed by atoms with Crippen LogP contribution in [0.3, 0.4) is 0 Å². The molecule has 0 saturated heterocycles. The molecule has 3 aromatic carbocycles. The fraction of sp³-hybridized carbons (Fsp3) is 0.167. The maximum absolute atomic E-state index is 13.3. The van der Waals surface area contributed by atoms with Gasteiger partial charge in [-0.25, -0.2) is 13.1 Å². The fourth-order valence-corrected chi connectivity index (χ4v) is 5.28. The van der Waals surface area contributed by atoms with E-state index in [4.69, 9.17) is 0 Å². The van der Waals surface area contributed by atoms with E-state index in [2.05, 4.69) is 15.5 Å². The number of carbonyl (C=O) groups excluding carboxylic acids is 1. The number of carbonyl (C=O) groups is 1. The van der Waals surface area contributed by atoms with Crippen molar-refractivity contribution in [1.29, 1.82) is 0 Å². The molecule has 0 spiro atoms. The Morgan fingerprint density at radius 2 is 1.61 bits per heavy atom. The lowest BCUT2D eigenvalue weighted by atomic mass is 10.0. The van der Waals surface area contributed by atoms with Crippen molar-refractivity contribution in [2.24, 2.45) is 0 Å². The summed E-state index contributed by atoms with van der Waals surface area (Å²) in [6.45, 7) is 2.24. The van der Waals surface area contributed by atoms with Crippen molar-refractivity contribution in [3.05, 3.63) is 107 Å². The van der Waals surface area contributed by atoms with Gasteiger partial charge in [0.2, 0.25) is 0 Å². The average Bonchev–Trinajstić information content (AvgIpc) is 3.36. The number of hydrogen-bond acceptors (Lipinski definition) is 6. The summed E-state index contributed by atoms with van der Waals surface area (Å²) < 4.78 is 27.4. The topological polar surface area (TPSA) is 98.0 Å². The van der Waals surface area contributed by atoms with Crippen LogP contribution < -0.4 is 0 Å². The summed E-state index contributed by atoms with van der Waals surface area (Å²) >= 11 is 0. The summed E-state index contributed by atoms with van der Waals surface area (Å²) in [5.41, 5.74) is 3.24. The second-order valence-corrected chi connectivity index (χ2v) is 9.96. The number of rotatable bonds is 6. The van der Waals surface area contributed by atoms with Crippen LogP contribution in [0.2, 0.25) is 0 Å². The molecule has 0 fully saturated rings. The number of sulfone groups is 1. The highest BCUT2D eigenvalue weighted by molar-refractivity contribution is 7.90. The lowest BCUT2D eigenvalue weighted by Gasteiger charge is -2.24. The highest BCUT2D eigenvalue weighted by atomic mass is 32.2. The van der Waals surface area contributed by atoms with E-state index in [0.717, 1.165) is 16.7 Å². The molecule has 0 bridgehead atoms. The van der Waals surface area contributed by atoms with Crippen LogP contribution in [0.25, 0.3) is 0 Å². The molecule has 1 aliphatic rings. The molecule has 166 valence electrons. The first kappa shape index (κ1) is 21.0. The molecule has 0 N–H and O–H groups in total. The predicted octanol–water partition coefficient (Wildman–Crippen LogP) is 3.16. The van der Waals surface area contributed by atoms with Gasteiger partial charge in [0, 0.05) is 12.1 Å². The molecular weight excluding hydrogens is 438 g/mol. The Morgan fingerprint density at radius 3 is 2.36 bits per heavy atom. The average molecular weight is 460 g/mol. The number of amides is 1. The summed E-state index contributed by atoms with van der Waals surface area (Å²) in [4.78, 5) is 15.2. The van der Waals surface area contributed by atoms with Gasteiger partial charge in [0.25, 0.3) is 5.91 Å². The van der Waals surface area contributed by atoms with E-state index in [1.165, 1.54) is 4.68 Å². The Morgan fingerprint density at radius 1 is 0.909 bits per heavy atom. The standard InChI is InChI=1S/C24H21N5O3S/c1-17-11-13-19(14-12-17)33(31,32)16-29-23(25-26-27-29)22-20-9-5-6-10-21(20)24(30)28(22)15-18-7-3-2-4-8-18/h2-14,22H,15-16H2,1H3. The van der Waals surface area contributed by atoms with Crippen LogP contribution in [0.15, 0.2) is 83.8 Å². The first-order valence-electron chi connectivity index (χ1n) is 10.4. The number of aromatic nitrogens is 4. The molecule has 9 heteroatoms. The second-order valence-electron chi connectivity index (χ2n) is 8.00. The Hall–Kier alpha value is -3.85. The van der Waals surface area contributed by atoms with Crippen molar-refractivity contribution in [2.75, 3.05) is 0 Å². The van der Waals surface area contributed by atoms with Crippen LogP contribution in [-0.2, 0) is 22.3 Å². The molecule has 1 atom stereocenters. The highest BCUT2D eigenvalue weighted by Gasteiger charge is 2.41. The van der Waals surface area contributed by atoms with Crippen LogP contribution in [0.4, 0.5) is 0 Å². The van der Waals surface area contributed by atoms with E-state index in [-0.39, 0.29) is 10.8 Å². The third kappa shape index (κ3) is 3.91. The van der Waals surface area contributed by atoms with Gasteiger partial charge in [-0.3, -0.25) is 4.79 Å². The molecule has 0 radical (unpaired) electrons. The summed E-state index contributed by atoms with van der Waals surface area (Å²) in [6.07, 6.45) is 0. The van der Waals surface area contributed by atoms with E-state index in [0.29, 0.717) is 17.9 Å². The normalized spacial score (nSPS) is 15.6. The largest absolute Gasteiger partial charge is 0.320 e. The lowest BCUT2D eigenvalue weighted by Crippen LogP contribution is -2.30. The Bertz CT molecular complexity index is 1420. The van der Waals surface area contributed by atoms with Gasteiger partial charge in [-0.2, -0.15) is 0 Å². The van der Waals surface area contributed by atoms with Crippen LogP contribution in [0.5, 0.6) is 0 Å². The fourth-order valence-electron chi connectivity index (χ4n) is 4.07.